The summed E-state index contributed by atoms with van der Waals surface area (Å²) in [5.74, 6) is 0. The number of hydrogen-bond donors (Lipinski definition) is 0. The van der Waals surface area contributed by atoms with Gasteiger partial charge in [0.25, 0.3) is 0 Å². The van der Waals surface area contributed by atoms with Crippen LogP contribution in [0.5, 0.6) is 0 Å². The Morgan fingerprint density at radius 2 is 0.556 bits per heavy atom. The molecule has 0 aromatic heterocycles. The first-order valence-electron chi connectivity index (χ1n) is 1.13. The van der Waals surface area contributed by atoms with Gasteiger partial charge in [-0.3, -0.25) is 0 Å². The van der Waals surface area contributed by atoms with Gasteiger partial charge in [0.1, 0.15) is 0 Å². The van der Waals surface area contributed by atoms with Crippen molar-refractivity contribution >= 4 is 13.9 Å². The van der Waals surface area contributed by atoms with Gasteiger partial charge in [-0.25, -0.2) is 0 Å². The molecule has 0 aliphatic carbocycles. The third kappa shape index (κ3) is 87.2. The van der Waals surface area contributed by atoms with E-state index in [1.54, 1.807) is 0 Å². The fourth-order valence-corrected chi connectivity index (χ4v) is 0. The van der Waals surface area contributed by atoms with E-state index < -0.39 is 13.9 Å². The normalized spacial score (nSPS) is 18.0. The molecule has 0 amide bonds. The molecule has 0 rings (SSSR count). The zero-order valence-corrected chi connectivity index (χ0v) is 13.1. The van der Waals surface area contributed by atoms with Crippen LogP contribution in [-0.4, -0.2) is 13.9 Å². The standard InChI is InChI=1S/F6Ge.2K/c1-7(2,3,4,5)6;;/q-2;2*+1. The maximum Gasteiger partial charge on any atom is 1.00 e. The smallest absolute Gasteiger partial charge is 1.00 e. The van der Waals surface area contributed by atoms with Crippen molar-refractivity contribution < 1.29 is 124 Å². The van der Waals surface area contributed by atoms with E-state index in [0.717, 1.165) is 0 Å². The van der Waals surface area contributed by atoms with Gasteiger partial charge < -0.3 is 0 Å². The molecular formula is F6GeK2. The van der Waals surface area contributed by atoms with E-state index in [4.69, 9.17) is 0 Å². The van der Waals surface area contributed by atoms with Crippen LogP contribution < -0.4 is 103 Å². The Morgan fingerprint density at radius 3 is 0.556 bits per heavy atom. The van der Waals surface area contributed by atoms with Crippen molar-refractivity contribution in [2.75, 3.05) is 0 Å². The molecule has 0 aliphatic heterocycles. The second kappa shape index (κ2) is 3.64. The Hall–Kier alpha value is 3.40. The fraction of sp³-hybridized carbons (Fsp3) is 0. The van der Waals surface area contributed by atoms with Crippen LogP contribution in [0.2, 0.25) is 0 Å². The Kier molecular flexibility index (Phi) is 7.37. The van der Waals surface area contributed by atoms with Crippen molar-refractivity contribution in [3.63, 3.8) is 0 Å². The molecule has 0 bridgehead atoms. The van der Waals surface area contributed by atoms with Gasteiger partial charge >= 0.3 is 138 Å². The van der Waals surface area contributed by atoms with Gasteiger partial charge in [-0.2, -0.15) is 0 Å². The zero-order chi connectivity index (χ0) is 6.41. The van der Waals surface area contributed by atoms with Gasteiger partial charge in [0.05, 0.1) is 0 Å². The van der Waals surface area contributed by atoms with E-state index in [9.17, 15) is 21.0 Å². The van der Waals surface area contributed by atoms with Crippen LogP contribution in [0.3, 0.4) is 0 Å². The average Bonchev–Trinajstić information content (AvgIpc) is 0.592. The van der Waals surface area contributed by atoms with Crippen molar-refractivity contribution in [3.05, 3.63) is 0 Å². The minimum Gasteiger partial charge on any atom is 1.00 e. The molecule has 0 N–H and O–H groups in total. The monoisotopic (exact) mass is 266 g/mol. The van der Waals surface area contributed by atoms with Gasteiger partial charge in [0, 0.05) is 0 Å². The maximum atomic E-state index is 9.92. The molecule has 9 heteroatoms. The molecule has 0 nitrogen and oxygen atoms in total. The molecule has 0 saturated heterocycles. The van der Waals surface area contributed by atoms with Crippen molar-refractivity contribution in [1.29, 1.82) is 0 Å². The number of halogens is 6. The molecule has 0 radical (unpaired) electrons. The minimum atomic E-state index is -11.2. The van der Waals surface area contributed by atoms with E-state index in [1.807, 2.05) is 0 Å². The molecule has 0 spiro atoms. The number of hydrogen-bond acceptors (Lipinski definition) is 0. The van der Waals surface area contributed by atoms with Gasteiger partial charge in [-0.15, -0.1) is 0 Å². The summed E-state index contributed by atoms with van der Waals surface area (Å²) in [5, 5.41) is 0. The Bertz CT molecular complexity index is 69.6. The molecule has 9 heavy (non-hydrogen) atoms. The van der Waals surface area contributed by atoms with E-state index in [2.05, 4.69) is 0 Å². The molecule has 0 aromatic carbocycles. The van der Waals surface area contributed by atoms with Crippen molar-refractivity contribution in [2.24, 2.45) is 0 Å². The van der Waals surface area contributed by atoms with E-state index in [-0.39, 0.29) is 103 Å². The topological polar surface area (TPSA) is 0 Å². The van der Waals surface area contributed by atoms with Crippen LogP contribution in [0, 0.1) is 0 Å². The SMILES string of the molecule is [F][Ge-2]([F])([F])([F])([F])[F].[K+].[K+]. The van der Waals surface area contributed by atoms with Gasteiger partial charge in [-0.1, -0.05) is 0 Å². The maximum absolute atomic E-state index is 11.2. The Labute approximate surface area is 134 Å². The molecule has 0 aliphatic rings. The van der Waals surface area contributed by atoms with E-state index in [0.29, 0.717) is 0 Å². The van der Waals surface area contributed by atoms with Crippen molar-refractivity contribution in [3.8, 4) is 0 Å². The first-order chi connectivity index (χ1) is 2.45. The van der Waals surface area contributed by atoms with Gasteiger partial charge in [-0.05, 0) is 0 Å². The molecular weight excluding hydrogens is 265 g/mol. The first kappa shape index (κ1) is 18.2. The van der Waals surface area contributed by atoms with Crippen LogP contribution in [-0.2, 0) is 0 Å². The molecule has 0 fully saturated rings. The van der Waals surface area contributed by atoms with Crippen molar-refractivity contribution in [2.45, 2.75) is 0 Å². The summed E-state index contributed by atoms with van der Waals surface area (Å²) < 4.78 is 59.5. The molecule has 0 heterocycles. The molecule has 0 saturated carbocycles. The minimum absolute atomic E-state index is 0. The van der Waals surface area contributed by atoms with Crippen LogP contribution in [0.4, 0.5) is 21.0 Å². The second-order valence-corrected chi connectivity index (χ2v) is 5.57. The second-order valence-electron chi connectivity index (χ2n) is 1.07. The number of rotatable bonds is 0. The summed E-state index contributed by atoms with van der Waals surface area (Å²) >= 11 is -11.2. The third-order valence-corrected chi connectivity index (χ3v) is 0. The van der Waals surface area contributed by atoms with Crippen molar-refractivity contribution in [1.82, 2.24) is 0 Å². The molecule has 0 unspecified atom stereocenters. The molecule has 0 aromatic rings. The predicted molar refractivity (Wildman–Crippen MR) is 12.4 cm³/mol. The van der Waals surface area contributed by atoms with E-state index in [1.165, 1.54) is 0 Å². The van der Waals surface area contributed by atoms with Crippen LogP contribution in [0.1, 0.15) is 0 Å². The summed E-state index contributed by atoms with van der Waals surface area (Å²) in [4.78, 5) is 0. The van der Waals surface area contributed by atoms with Gasteiger partial charge in [0.15, 0.2) is 0 Å². The predicted octanol–water partition coefficient (Wildman–Crippen LogP) is -3.85. The summed E-state index contributed by atoms with van der Waals surface area (Å²) in [5.41, 5.74) is 0. The van der Waals surface area contributed by atoms with Crippen LogP contribution in [0.25, 0.3) is 0 Å². The first-order valence-corrected chi connectivity index (χ1v) is 5.89. The third-order valence-electron chi connectivity index (χ3n) is 0. The summed E-state index contributed by atoms with van der Waals surface area (Å²) in [6.07, 6.45) is 0. The van der Waals surface area contributed by atoms with Crippen LogP contribution >= 0.6 is 0 Å². The molecule has 48 valence electrons. The largest absolute Gasteiger partial charge is 1.00 e. The van der Waals surface area contributed by atoms with Crippen LogP contribution in [0.15, 0.2) is 0 Å². The average molecular weight is 265 g/mol. The van der Waals surface area contributed by atoms with Gasteiger partial charge in [0.2, 0.25) is 0 Å². The Morgan fingerprint density at radius 1 is 0.556 bits per heavy atom. The summed E-state index contributed by atoms with van der Waals surface area (Å²) in [6, 6.07) is 0. The zero-order valence-electron chi connectivity index (χ0n) is 4.77. The quantitative estimate of drug-likeness (QED) is 0.311. The summed E-state index contributed by atoms with van der Waals surface area (Å²) in [6.45, 7) is 0. The molecule has 0 atom stereocenters. The summed E-state index contributed by atoms with van der Waals surface area (Å²) in [7, 11) is 0. The van der Waals surface area contributed by atoms with E-state index >= 15 is 0 Å². The Balaban J connectivity index is -0.000000180. The fourth-order valence-electron chi connectivity index (χ4n) is 0.